The average molecular weight is 300 g/mol. The number of hydrogen-bond acceptors (Lipinski definition) is 4. The molecule has 0 aliphatic carbocycles. The molecule has 0 atom stereocenters. The molecule has 0 amide bonds. The van der Waals surface area contributed by atoms with Gasteiger partial charge in [-0.2, -0.15) is 0 Å². The van der Waals surface area contributed by atoms with Crippen LogP contribution >= 0.6 is 10.7 Å². The lowest BCUT2D eigenvalue weighted by Crippen LogP contribution is -2.25. The van der Waals surface area contributed by atoms with Crippen LogP contribution in [0.1, 0.15) is 20.8 Å². The second kappa shape index (κ2) is 4.61. The molecule has 0 aliphatic heterocycles. The van der Waals surface area contributed by atoms with Crippen molar-refractivity contribution in [3.8, 4) is 11.4 Å². The zero-order valence-corrected chi connectivity index (χ0v) is 12.4. The SMILES string of the molecule is CC(C)(C)n1c(-c2ccccc2)nnc1S(=O)(=O)Cl. The largest absolute Gasteiger partial charge is 0.296 e. The molecule has 0 aliphatic rings. The Labute approximate surface area is 116 Å². The van der Waals surface area contributed by atoms with Crippen LogP contribution in [0.25, 0.3) is 11.4 Å². The van der Waals surface area contributed by atoms with E-state index < -0.39 is 14.6 Å². The third-order valence-corrected chi connectivity index (χ3v) is 3.67. The Bertz CT molecular complexity index is 688. The predicted molar refractivity (Wildman–Crippen MR) is 73.5 cm³/mol. The summed E-state index contributed by atoms with van der Waals surface area (Å²) in [5, 5.41) is 7.46. The van der Waals surface area contributed by atoms with Gasteiger partial charge < -0.3 is 0 Å². The lowest BCUT2D eigenvalue weighted by Gasteiger charge is -2.24. The smallest absolute Gasteiger partial charge is 0.291 e. The lowest BCUT2D eigenvalue weighted by molar-refractivity contribution is 0.367. The van der Waals surface area contributed by atoms with Gasteiger partial charge in [-0.3, -0.25) is 4.57 Å². The molecule has 0 N–H and O–H groups in total. The molecule has 1 aromatic carbocycles. The van der Waals surface area contributed by atoms with Crippen LogP contribution < -0.4 is 0 Å². The van der Waals surface area contributed by atoms with E-state index in [4.69, 9.17) is 10.7 Å². The first-order chi connectivity index (χ1) is 8.71. The van der Waals surface area contributed by atoms with Crippen molar-refractivity contribution in [3.05, 3.63) is 30.3 Å². The van der Waals surface area contributed by atoms with Crippen LogP contribution in [0.2, 0.25) is 0 Å². The van der Waals surface area contributed by atoms with Crippen LogP contribution in [0.15, 0.2) is 35.5 Å². The third-order valence-electron chi connectivity index (χ3n) is 2.55. The second-order valence-electron chi connectivity index (χ2n) is 5.12. The Morgan fingerprint density at radius 2 is 1.68 bits per heavy atom. The highest BCUT2D eigenvalue weighted by Crippen LogP contribution is 2.29. The third kappa shape index (κ3) is 2.79. The first-order valence-electron chi connectivity index (χ1n) is 5.67. The van der Waals surface area contributed by atoms with Gasteiger partial charge in [-0.1, -0.05) is 30.3 Å². The van der Waals surface area contributed by atoms with E-state index in [1.807, 2.05) is 51.1 Å². The molecule has 5 nitrogen and oxygen atoms in total. The van der Waals surface area contributed by atoms with Gasteiger partial charge >= 0.3 is 0 Å². The Kier molecular flexibility index (Phi) is 3.40. The minimum Gasteiger partial charge on any atom is -0.291 e. The van der Waals surface area contributed by atoms with Crippen molar-refractivity contribution in [1.29, 1.82) is 0 Å². The van der Waals surface area contributed by atoms with Gasteiger partial charge in [0.1, 0.15) is 0 Å². The highest BCUT2D eigenvalue weighted by atomic mass is 35.7. The fourth-order valence-electron chi connectivity index (χ4n) is 1.81. The molecule has 0 radical (unpaired) electrons. The molecule has 19 heavy (non-hydrogen) atoms. The highest BCUT2D eigenvalue weighted by Gasteiger charge is 2.29. The fraction of sp³-hybridized carbons (Fsp3) is 0.333. The maximum Gasteiger partial charge on any atom is 0.296 e. The summed E-state index contributed by atoms with van der Waals surface area (Å²) in [6, 6.07) is 9.27. The normalized spacial score (nSPS) is 12.6. The molecule has 0 saturated carbocycles. The van der Waals surface area contributed by atoms with E-state index in [0.29, 0.717) is 5.82 Å². The monoisotopic (exact) mass is 299 g/mol. The average Bonchev–Trinajstić information content (AvgIpc) is 2.74. The molecule has 1 heterocycles. The predicted octanol–water partition coefficient (Wildman–Crippen LogP) is 2.63. The van der Waals surface area contributed by atoms with Gasteiger partial charge in [0.25, 0.3) is 14.2 Å². The number of halogens is 1. The van der Waals surface area contributed by atoms with E-state index >= 15 is 0 Å². The number of benzene rings is 1. The summed E-state index contributed by atoms with van der Waals surface area (Å²) < 4.78 is 24.7. The molecule has 0 fully saturated rings. The van der Waals surface area contributed by atoms with Gasteiger partial charge in [-0.15, -0.1) is 10.2 Å². The van der Waals surface area contributed by atoms with E-state index in [2.05, 4.69) is 10.2 Å². The van der Waals surface area contributed by atoms with Crippen LogP contribution in [-0.4, -0.2) is 23.2 Å². The number of nitrogens with zero attached hydrogens (tertiary/aromatic N) is 3. The first kappa shape index (κ1) is 14.0. The number of aromatic nitrogens is 3. The molecule has 2 rings (SSSR count). The maximum absolute atomic E-state index is 11.6. The van der Waals surface area contributed by atoms with Crippen molar-refractivity contribution < 1.29 is 8.42 Å². The van der Waals surface area contributed by atoms with Crippen LogP contribution in [0.5, 0.6) is 0 Å². The lowest BCUT2D eigenvalue weighted by atomic mass is 10.1. The van der Waals surface area contributed by atoms with Gasteiger partial charge in [0.05, 0.1) is 0 Å². The topological polar surface area (TPSA) is 64.8 Å². The standard InChI is InChI=1S/C12H14ClN3O2S/c1-12(2,3)16-10(9-7-5-4-6-8-9)14-15-11(16)19(13,17)18/h4-8H,1-3H3. The van der Waals surface area contributed by atoms with Crippen molar-refractivity contribution in [2.75, 3.05) is 0 Å². The molecular weight excluding hydrogens is 286 g/mol. The van der Waals surface area contributed by atoms with Gasteiger partial charge in [-0.25, -0.2) is 8.42 Å². The molecule has 0 unspecified atom stereocenters. The van der Waals surface area contributed by atoms with Gasteiger partial charge in [0.2, 0.25) is 0 Å². The van der Waals surface area contributed by atoms with Crippen molar-refractivity contribution in [1.82, 2.24) is 14.8 Å². The van der Waals surface area contributed by atoms with Crippen molar-refractivity contribution in [2.45, 2.75) is 31.5 Å². The fourth-order valence-corrected chi connectivity index (χ4v) is 2.82. The Balaban J connectivity index is 2.75. The summed E-state index contributed by atoms with van der Waals surface area (Å²) in [6.45, 7) is 5.61. The number of rotatable bonds is 2. The van der Waals surface area contributed by atoms with Crippen molar-refractivity contribution in [2.24, 2.45) is 0 Å². The molecule has 0 saturated heterocycles. The van der Waals surface area contributed by atoms with Crippen molar-refractivity contribution >= 4 is 19.7 Å². The summed E-state index contributed by atoms with van der Waals surface area (Å²) in [6.07, 6.45) is 0. The van der Waals surface area contributed by atoms with Gasteiger partial charge in [0.15, 0.2) is 5.82 Å². The Morgan fingerprint density at radius 1 is 1.11 bits per heavy atom. The molecule has 1 aromatic heterocycles. The van der Waals surface area contributed by atoms with Crippen LogP contribution in [0.4, 0.5) is 0 Å². The Morgan fingerprint density at radius 3 is 2.16 bits per heavy atom. The molecule has 2 aromatic rings. The van der Waals surface area contributed by atoms with E-state index in [9.17, 15) is 8.42 Å². The zero-order valence-electron chi connectivity index (χ0n) is 10.8. The summed E-state index contributed by atoms with van der Waals surface area (Å²) >= 11 is 0. The zero-order chi connectivity index (χ0) is 14.3. The van der Waals surface area contributed by atoms with Crippen LogP contribution in [0.3, 0.4) is 0 Å². The Hall–Kier alpha value is -1.40. The van der Waals surface area contributed by atoms with Crippen molar-refractivity contribution in [3.63, 3.8) is 0 Å². The minimum atomic E-state index is -3.94. The molecular formula is C12H14ClN3O2S. The molecule has 0 bridgehead atoms. The van der Waals surface area contributed by atoms with Gasteiger partial charge in [-0.05, 0) is 20.8 Å². The summed E-state index contributed by atoms with van der Waals surface area (Å²) in [5.41, 5.74) is 0.280. The second-order valence-corrected chi connectivity index (χ2v) is 7.58. The minimum absolute atomic E-state index is 0.236. The van der Waals surface area contributed by atoms with E-state index in [1.54, 1.807) is 0 Å². The molecule has 7 heteroatoms. The van der Waals surface area contributed by atoms with E-state index in [-0.39, 0.29) is 5.16 Å². The van der Waals surface area contributed by atoms with E-state index in [0.717, 1.165) is 5.56 Å². The quantitative estimate of drug-likeness (QED) is 0.800. The summed E-state index contributed by atoms with van der Waals surface area (Å²) in [7, 11) is 1.48. The van der Waals surface area contributed by atoms with E-state index in [1.165, 1.54) is 4.57 Å². The highest BCUT2D eigenvalue weighted by molar-refractivity contribution is 8.13. The number of hydrogen-bond donors (Lipinski definition) is 0. The van der Waals surface area contributed by atoms with Crippen LogP contribution in [-0.2, 0) is 14.6 Å². The maximum atomic E-state index is 11.6. The first-order valence-corrected chi connectivity index (χ1v) is 7.98. The molecule has 102 valence electrons. The summed E-state index contributed by atoms with van der Waals surface area (Å²) in [4.78, 5) is 0. The molecule has 0 spiro atoms. The summed E-state index contributed by atoms with van der Waals surface area (Å²) in [5.74, 6) is 0.479. The van der Waals surface area contributed by atoms with Gasteiger partial charge in [0, 0.05) is 21.8 Å². The van der Waals surface area contributed by atoms with Crippen LogP contribution in [0, 0.1) is 0 Å².